The number of hydrogen-bond acceptors (Lipinski definition) is 2. The van der Waals surface area contributed by atoms with Gasteiger partial charge in [-0.1, -0.05) is 18.5 Å². The lowest BCUT2D eigenvalue weighted by molar-refractivity contribution is 0.0580. The van der Waals surface area contributed by atoms with Crippen molar-refractivity contribution < 1.29 is 13.9 Å². The lowest BCUT2D eigenvalue weighted by atomic mass is 10.2. The minimum absolute atomic E-state index is 0.0318. The molecule has 1 amide bonds. The van der Waals surface area contributed by atoms with Gasteiger partial charge in [-0.25, -0.2) is 9.18 Å². The molecule has 0 aromatic heterocycles. The van der Waals surface area contributed by atoms with Crippen molar-refractivity contribution in [1.82, 2.24) is 0 Å². The molecule has 3 nitrogen and oxygen atoms in total. The third kappa shape index (κ3) is 4.71. The number of amides is 1. The Kier molecular flexibility index (Phi) is 5.18. The SMILES string of the molecule is CCCN(C(=O)OC(C)(C)C)c1ccc(Cl)c(F)c1. The first-order valence-corrected chi connectivity index (χ1v) is 6.58. The highest BCUT2D eigenvalue weighted by Gasteiger charge is 2.23. The number of anilines is 1. The van der Waals surface area contributed by atoms with Gasteiger partial charge < -0.3 is 4.74 Å². The summed E-state index contributed by atoms with van der Waals surface area (Å²) in [6.07, 6.45) is 0.250. The van der Waals surface area contributed by atoms with Crippen molar-refractivity contribution in [2.24, 2.45) is 0 Å². The van der Waals surface area contributed by atoms with Crippen LogP contribution in [-0.4, -0.2) is 18.2 Å². The fraction of sp³-hybridized carbons (Fsp3) is 0.500. The van der Waals surface area contributed by atoms with E-state index in [0.717, 1.165) is 6.42 Å². The molecule has 1 aromatic carbocycles. The van der Waals surface area contributed by atoms with Gasteiger partial charge in [0.2, 0.25) is 0 Å². The van der Waals surface area contributed by atoms with E-state index in [4.69, 9.17) is 16.3 Å². The van der Waals surface area contributed by atoms with Crippen LogP contribution in [0.5, 0.6) is 0 Å². The quantitative estimate of drug-likeness (QED) is 0.811. The minimum atomic E-state index is -0.589. The van der Waals surface area contributed by atoms with E-state index in [0.29, 0.717) is 12.2 Å². The van der Waals surface area contributed by atoms with Gasteiger partial charge in [-0.3, -0.25) is 4.90 Å². The second-order valence-corrected chi connectivity index (χ2v) is 5.64. The molecular weight excluding hydrogens is 269 g/mol. The molecule has 5 heteroatoms. The smallest absolute Gasteiger partial charge is 0.414 e. The zero-order valence-electron chi connectivity index (χ0n) is 11.7. The third-order valence-electron chi connectivity index (χ3n) is 2.28. The Bertz CT molecular complexity index is 457. The average molecular weight is 288 g/mol. The Labute approximate surface area is 118 Å². The molecule has 106 valence electrons. The van der Waals surface area contributed by atoms with Crippen molar-refractivity contribution in [3.05, 3.63) is 29.0 Å². The van der Waals surface area contributed by atoms with E-state index in [9.17, 15) is 9.18 Å². The fourth-order valence-electron chi connectivity index (χ4n) is 1.52. The van der Waals surface area contributed by atoms with Crippen LogP contribution in [0, 0.1) is 5.82 Å². The molecule has 0 aliphatic rings. The predicted molar refractivity (Wildman–Crippen MR) is 75.3 cm³/mol. The van der Waals surface area contributed by atoms with Crippen LogP contribution >= 0.6 is 11.6 Å². The molecular formula is C14H19ClFNO2. The van der Waals surface area contributed by atoms with Crippen LogP contribution in [0.4, 0.5) is 14.9 Å². The summed E-state index contributed by atoms with van der Waals surface area (Å²) >= 11 is 5.64. The van der Waals surface area contributed by atoms with Gasteiger partial charge in [0.15, 0.2) is 0 Å². The highest BCUT2D eigenvalue weighted by atomic mass is 35.5. The molecule has 0 radical (unpaired) electrons. The standard InChI is InChI=1S/C14H19ClFNO2/c1-5-8-17(13(18)19-14(2,3)4)10-6-7-11(15)12(16)9-10/h6-7,9H,5,8H2,1-4H3. The monoisotopic (exact) mass is 287 g/mol. The first-order chi connectivity index (χ1) is 8.74. The van der Waals surface area contributed by atoms with Gasteiger partial charge in [-0.05, 0) is 45.4 Å². The summed E-state index contributed by atoms with van der Waals surface area (Å²) in [5, 5.41) is 0.0318. The maximum absolute atomic E-state index is 13.5. The molecule has 0 saturated heterocycles. The third-order valence-corrected chi connectivity index (χ3v) is 2.58. The summed E-state index contributed by atoms with van der Waals surface area (Å²) in [6, 6.07) is 4.27. The largest absolute Gasteiger partial charge is 0.443 e. The fourth-order valence-corrected chi connectivity index (χ4v) is 1.64. The Morgan fingerprint density at radius 2 is 2.05 bits per heavy atom. The topological polar surface area (TPSA) is 29.5 Å². The van der Waals surface area contributed by atoms with Crippen LogP contribution in [0.25, 0.3) is 0 Å². The molecule has 0 fully saturated rings. The lowest BCUT2D eigenvalue weighted by Crippen LogP contribution is -2.37. The van der Waals surface area contributed by atoms with Crippen molar-refractivity contribution in [1.29, 1.82) is 0 Å². The van der Waals surface area contributed by atoms with Crippen molar-refractivity contribution in [2.75, 3.05) is 11.4 Å². The van der Waals surface area contributed by atoms with Crippen molar-refractivity contribution >= 4 is 23.4 Å². The first-order valence-electron chi connectivity index (χ1n) is 6.20. The van der Waals surface area contributed by atoms with E-state index >= 15 is 0 Å². The first kappa shape index (κ1) is 15.8. The van der Waals surface area contributed by atoms with Gasteiger partial charge in [-0.2, -0.15) is 0 Å². The van der Waals surface area contributed by atoms with Crippen molar-refractivity contribution in [2.45, 2.75) is 39.7 Å². The summed E-state index contributed by atoms with van der Waals surface area (Å²) in [7, 11) is 0. The van der Waals surface area contributed by atoms with Crippen LogP contribution in [0.2, 0.25) is 5.02 Å². The van der Waals surface area contributed by atoms with Gasteiger partial charge >= 0.3 is 6.09 Å². The number of hydrogen-bond donors (Lipinski definition) is 0. The number of carbonyl (C=O) groups excluding carboxylic acids is 1. The molecule has 0 atom stereocenters. The molecule has 0 heterocycles. The van der Waals surface area contributed by atoms with Crippen LogP contribution in [-0.2, 0) is 4.74 Å². The van der Waals surface area contributed by atoms with E-state index < -0.39 is 17.5 Å². The molecule has 0 saturated carbocycles. The molecule has 0 aliphatic carbocycles. The van der Waals surface area contributed by atoms with E-state index in [1.807, 2.05) is 6.92 Å². The van der Waals surface area contributed by atoms with E-state index in [1.54, 1.807) is 26.8 Å². The van der Waals surface area contributed by atoms with Crippen LogP contribution in [0.15, 0.2) is 18.2 Å². The van der Waals surface area contributed by atoms with Gasteiger partial charge in [-0.15, -0.1) is 0 Å². The number of rotatable bonds is 3. The van der Waals surface area contributed by atoms with Crippen LogP contribution in [0.1, 0.15) is 34.1 Å². The summed E-state index contributed by atoms with van der Waals surface area (Å²) in [5.74, 6) is -0.552. The van der Waals surface area contributed by atoms with E-state index in [1.165, 1.54) is 17.0 Å². The Balaban J connectivity index is 2.99. The maximum atomic E-state index is 13.5. The highest BCUT2D eigenvalue weighted by Crippen LogP contribution is 2.23. The number of nitrogens with zero attached hydrogens (tertiary/aromatic N) is 1. The zero-order chi connectivity index (χ0) is 14.6. The highest BCUT2D eigenvalue weighted by molar-refractivity contribution is 6.30. The lowest BCUT2D eigenvalue weighted by Gasteiger charge is -2.27. The summed E-state index contributed by atoms with van der Waals surface area (Å²) in [5.41, 5.74) is -0.147. The number of carbonyl (C=O) groups is 1. The molecule has 0 unspecified atom stereocenters. The van der Waals surface area contributed by atoms with Crippen LogP contribution in [0.3, 0.4) is 0 Å². The molecule has 1 rings (SSSR count). The van der Waals surface area contributed by atoms with Gasteiger partial charge in [0.1, 0.15) is 11.4 Å². The second-order valence-electron chi connectivity index (χ2n) is 5.23. The van der Waals surface area contributed by atoms with Gasteiger partial charge in [0.25, 0.3) is 0 Å². The minimum Gasteiger partial charge on any atom is -0.443 e. The Morgan fingerprint density at radius 3 is 2.53 bits per heavy atom. The summed E-state index contributed by atoms with van der Waals surface area (Å²) < 4.78 is 18.8. The molecule has 0 spiro atoms. The summed E-state index contributed by atoms with van der Waals surface area (Å²) in [6.45, 7) is 7.76. The van der Waals surface area contributed by atoms with Gasteiger partial charge in [0, 0.05) is 6.54 Å². The zero-order valence-corrected chi connectivity index (χ0v) is 12.4. The Morgan fingerprint density at radius 1 is 1.42 bits per heavy atom. The van der Waals surface area contributed by atoms with Crippen molar-refractivity contribution in [3.8, 4) is 0 Å². The van der Waals surface area contributed by atoms with Crippen LogP contribution < -0.4 is 4.90 Å². The number of halogens is 2. The van der Waals surface area contributed by atoms with Crippen molar-refractivity contribution in [3.63, 3.8) is 0 Å². The molecule has 0 bridgehead atoms. The molecule has 19 heavy (non-hydrogen) atoms. The molecule has 1 aromatic rings. The summed E-state index contributed by atoms with van der Waals surface area (Å²) in [4.78, 5) is 13.5. The molecule has 0 N–H and O–H groups in total. The van der Waals surface area contributed by atoms with E-state index in [-0.39, 0.29) is 5.02 Å². The number of ether oxygens (including phenoxy) is 1. The predicted octanol–water partition coefficient (Wildman–Crippen LogP) is 4.63. The van der Waals surface area contributed by atoms with E-state index in [2.05, 4.69) is 0 Å². The maximum Gasteiger partial charge on any atom is 0.414 e. The second kappa shape index (κ2) is 6.24. The normalized spacial score (nSPS) is 11.3. The molecule has 0 aliphatic heterocycles. The number of benzene rings is 1. The van der Waals surface area contributed by atoms with Gasteiger partial charge in [0.05, 0.1) is 10.7 Å². The Hall–Kier alpha value is -1.29. The average Bonchev–Trinajstić information content (AvgIpc) is 2.27.